The normalized spacial score (nSPS) is 18.6. The quantitative estimate of drug-likeness (QED) is 0.635. The van der Waals surface area contributed by atoms with Crippen LogP contribution in [0, 0.1) is 6.92 Å². The van der Waals surface area contributed by atoms with Gasteiger partial charge in [-0.15, -0.1) is 0 Å². The average molecular weight is 403 g/mol. The smallest absolute Gasteiger partial charge is 0.300 e. The number of nitrogens with zero attached hydrogens (tertiary/aromatic N) is 3. The van der Waals surface area contributed by atoms with Crippen LogP contribution in [-0.2, 0) is 0 Å². The molecule has 1 aliphatic heterocycles. The number of carbonyl (C=O) groups is 1. The number of benzene rings is 2. The molecule has 0 aliphatic carbocycles. The van der Waals surface area contributed by atoms with Gasteiger partial charge in [-0.3, -0.25) is 4.79 Å². The fourth-order valence-electron chi connectivity index (χ4n) is 3.55. The van der Waals surface area contributed by atoms with E-state index < -0.39 is 18.3 Å². The van der Waals surface area contributed by atoms with Crippen LogP contribution in [0.2, 0.25) is 5.02 Å². The van der Waals surface area contributed by atoms with Crippen molar-refractivity contribution in [3.63, 3.8) is 0 Å². The van der Waals surface area contributed by atoms with E-state index in [1.54, 1.807) is 10.7 Å². The van der Waals surface area contributed by atoms with Crippen LogP contribution in [0.25, 0.3) is 0 Å². The first-order valence-corrected chi connectivity index (χ1v) is 9.16. The van der Waals surface area contributed by atoms with Crippen LogP contribution in [-0.4, -0.2) is 27.0 Å². The number of hydrogen-bond donors (Lipinski definition) is 1. The van der Waals surface area contributed by atoms with Gasteiger partial charge in [-0.2, -0.15) is 10.1 Å². The van der Waals surface area contributed by atoms with Crippen LogP contribution in [0.3, 0.4) is 0 Å². The van der Waals surface area contributed by atoms with Gasteiger partial charge in [-0.05, 0) is 42.7 Å². The van der Waals surface area contributed by atoms with Gasteiger partial charge in [0.05, 0.1) is 12.1 Å². The Kier molecular flexibility index (Phi) is 4.85. The fourth-order valence-corrected chi connectivity index (χ4v) is 3.73. The van der Waals surface area contributed by atoms with Crippen LogP contribution in [0.5, 0.6) is 0 Å². The zero-order valence-corrected chi connectivity index (χ0v) is 15.7. The highest BCUT2D eigenvalue weighted by Gasteiger charge is 2.33. The molecule has 1 N–H and O–H groups in total. The molecule has 1 aromatic heterocycles. The van der Waals surface area contributed by atoms with Crippen molar-refractivity contribution < 1.29 is 13.6 Å². The number of nitrogens with one attached hydrogen (secondary N) is 1. The highest BCUT2D eigenvalue weighted by molar-refractivity contribution is 6.30. The third-order valence-corrected chi connectivity index (χ3v) is 5.18. The number of rotatable bonds is 4. The van der Waals surface area contributed by atoms with Gasteiger partial charge in [0.25, 0.3) is 0 Å². The van der Waals surface area contributed by atoms with Crippen LogP contribution in [0.1, 0.15) is 45.6 Å². The molecule has 0 saturated heterocycles. The maximum atomic E-state index is 13.1. The lowest BCUT2D eigenvalue weighted by Crippen LogP contribution is -2.29. The van der Waals surface area contributed by atoms with Crippen molar-refractivity contribution in [2.75, 3.05) is 5.32 Å². The Bertz CT molecular complexity index is 1020. The van der Waals surface area contributed by atoms with Crippen molar-refractivity contribution in [3.8, 4) is 0 Å². The summed E-state index contributed by atoms with van der Waals surface area (Å²) in [4.78, 5) is 16.3. The molecule has 2 atom stereocenters. The number of hydrogen-bond acceptors (Lipinski definition) is 4. The summed E-state index contributed by atoms with van der Waals surface area (Å²) in [5.74, 6) is -0.712. The Morgan fingerprint density at radius 1 is 1.25 bits per heavy atom. The molecule has 0 unspecified atom stereocenters. The Morgan fingerprint density at radius 3 is 2.71 bits per heavy atom. The van der Waals surface area contributed by atoms with E-state index >= 15 is 0 Å². The van der Waals surface area contributed by atoms with Gasteiger partial charge in [-0.25, -0.2) is 13.5 Å². The van der Waals surface area contributed by atoms with E-state index in [9.17, 15) is 13.6 Å². The van der Waals surface area contributed by atoms with E-state index in [0.717, 1.165) is 11.1 Å². The molecule has 3 aromatic rings. The lowest BCUT2D eigenvalue weighted by Gasteiger charge is -2.32. The first-order valence-electron chi connectivity index (χ1n) is 8.78. The van der Waals surface area contributed by atoms with E-state index in [4.69, 9.17) is 11.6 Å². The minimum absolute atomic E-state index is 0.0459. The highest BCUT2D eigenvalue weighted by Crippen LogP contribution is 2.39. The predicted octanol–water partition coefficient (Wildman–Crippen LogP) is 4.83. The minimum Gasteiger partial charge on any atom is -0.348 e. The van der Waals surface area contributed by atoms with Crippen molar-refractivity contribution in [3.05, 3.63) is 76.1 Å². The third-order valence-electron chi connectivity index (χ3n) is 4.95. The van der Waals surface area contributed by atoms with Crippen LogP contribution in [0.15, 0.2) is 48.8 Å². The molecule has 0 radical (unpaired) electrons. The summed E-state index contributed by atoms with van der Waals surface area (Å²) >= 11 is 6.13. The van der Waals surface area contributed by atoms with Gasteiger partial charge in [0.15, 0.2) is 0 Å². The lowest BCUT2D eigenvalue weighted by molar-refractivity contribution is 0.0676. The second kappa shape index (κ2) is 7.31. The molecular formula is C20H17ClF2N4O. The van der Waals surface area contributed by atoms with Crippen LogP contribution >= 0.6 is 11.6 Å². The summed E-state index contributed by atoms with van der Waals surface area (Å²) in [6.07, 6.45) is -1.19. The summed E-state index contributed by atoms with van der Waals surface area (Å²) < 4.78 is 27.9. The topological polar surface area (TPSA) is 59.8 Å². The predicted molar refractivity (Wildman–Crippen MR) is 102 cm³/mol. The number of aromatic nitrogens is 3. The van der Waals surface area contributed by atoms with E-state index in [1.807, 2.05) is 31.2 Å². The average Bonchev–Trinajstić information content (AvgIpc) is 3.16. The third kappa shape index (κ3) is 3.38. The molecule has 0 saturated carbocycles. The Labute approximate surface area is 165 Å². The first kappa shape index (κ1) is 18.6. The zero-order valence-electron chi connectivity index (χ0n) is 14.9. The molecule has 0 fully saturated rings. The monoisotopic (exact) mass is 402 g/mol. The van der Waals surface area contributed by atoms with Crippen molar-refractivity contribution in [2.24, 2.45) is 0 Å². The van der Waals surface area contributed by atoms with Gasteiger partial charge >= 0.3 is 6.43 Å². The van der Waals surface area contributed by atoms with Crippen LogP contribution < -0.4 is 5.32 Å². The summed E-state index contributed by atoms with van der Waals surface area (Å²) in [5.41, 5.74) is 2.55. The van der Waals surface area contributed by atoms with Gasteiger partial charge in [0, 0.05) is 10.6 Å². The van der Waals surface area contributed by atoms with Crippen molar-refractivity contribution in [1.82, 2.24) is 14.8 Å². The molecule has 2 heterocycles. The number of halogens is 3. The van der Waals surface area contributed by atoms with E-state index in [1.165, 1.54) is 18.5 Å². The van der Waals surface area contributed by atoms with Crippen LogP contribution in [0.4, 0.5) is 14.7 Å². The molecule has 4 rings (SSSR count). The first-order chi connectivity index (χ1) is 13.4. The molecule has 0 bridgehead atoms. The summed E-state index contributed by atoms with van der Waals surface area (Å²) in [7, 11) is 0. The van der Waals surface area contributed by atoms with Crippen molar-refractivity contribution >= 4 is 23.3 Å². The largest absolute Gasteiger partial charge is 0.348 e. The summed E-state index contributed by atoms with van der Waals surface area (Å²) in [6.45, 7) is 2.01. The molecule has 144 valence electrons. The number of Topliss-reactive ketones (excluding diaryl/α,β-unsaturated/α-hetero) is 1. The Balaban J connectivity index is 1.80. The molecule has 1 aliphatic rings. The SMILES string of the molecule is Cc1ccc([C@@H]2C[C@H](c3cc(Cl)ccc3C(=O)C(F)F)n3ncnc3N2)cc1. The van der Waals surface area contributed by atoms with E-state index in [-0.39, 0.29) is 11.6 Å². The summed E-state index contributed by atoms with van der Waals surface area (Å²) in [6, 6.07) is 11.8. The van der Waals surface area contributed by atoms with E-state index in [0.29, 0.717) is 23.0 Å². The van der Waals surface area contributed by atoms with Crippen molar-refractivity contribution in [2.45, 2.75) is 31.9 Å². The second-order valence-corrected chi connectivity index (χ2v) is 7.22. The van der Waals surface area contributed by atoms with Crippen molar-refractivity contribution in [1.29, 1.82) is 0 Å². The number of anilines is 1. The maximum absolute atomic E-state index is 13.1. The molecule has 0 amide bonds. The number of carbonyl (C=O) groups excluding carboxylic acids is 1. The van der Waals surface area contributed by atoms with E-state index in [2.05, 4.69) is 15.4 Å². The highest BCUT2D eigenvalue weighted by atomic mass is 35.5. The zero-order chi connectivity index (χ0) is 19.8. The molecule has 0 spiro atoms. The minimum atomic E-state index is -3.09. The Hall–Kier alpha value is -2.80. The van der Waals surface area contributed by atoms with Gasteiger partial charge < -0.3 is 5.32 Å². The number of alkyl halides is 2. The molecular weight excluding hydrogens is 386 g/mol. The number of ketones is 1. The molecule has 8 heteroatoms. The van der Waals surface area contributed by atoms with Gasteiger partial charge in [0.2, 0.25) is 11.7 Å². The second-order valence-electron chi connectivity index (χ2n) is 6.78. The lowest BCUT2D eigenvalue weighted by atomic mass is 9.89. The maximum Gasteiger partial charge on any atom is 0.300 e. The standard InChI is InChI=1S/C20H17ClF2N4O/c1-11-2-4-12(5-3-11)16-9-17(27-20(26-16)24-10-25-27)15-8-13(21)6-7-14(15)18(28)19(22)23/h2-8,10,16-17,19H,9H2,1H3,(H,24,25,26)/t16-,17+/m0/s1. The number of aryl methyl sites for hydroxylation is 1. The van der Waals surface area contributed by atoms with Gasteiger partial charge in [-0.1, -0.05) is 41.4 Å². The van der Waals surface area contributed by atoms with Gasteiger partial charge in [0.1, 0.15) is 6.33 Å². The summed E-state index contributed by atoms with van der Waals surface area (Å²) in [5, 5.41) is 7.92. The fraction of sp³-hybridized carbons (Fsp3) is 0.250. The molecule has 2 aromatic carbocycles. The Morgan fingerprint density at radius 2 is 2.00 bits per heavy atom. The molecule has 5 nitrogen and oxygen atoms in total. The molecule has 28 heavy (non-hydrogen) atoms. The number of fused-ring (bicyclic) bond motifs is 1.